The molecule has 0 radical (unpaired) electrons. The molecule has 2 fully saturated rings. The van der Waals surface area contributed by atoms with Gasteiger partial charge in [0.05, 0.1) is 6.04 Å². The van der Waals surface area contributed by atoms with Gasteiger partial charge in [0.15, 0.2) is 5.96 Å². The summed E-state index contributed by atoms with van der Waals surface area (Å²) in [6.45, 7) is 2.06. The summed E-state index contributed by atoms with van der Waals surface area (Å²) in [5, 5.41) is 0. The van der Waals surface area contributed by atoms with Gasteiger partial charge in [-0.25, -0.2) is 4.99 Å². The summed E-state index contributed by atoms with van der Waals surface area (Å²) in [5.41, 5.74) is 11.0. The SMILES string of the molecule is NC(N)=NC(=NC1CCCCC1)N1CCCC1. The number of nitrogens with zero attached hydrogens (tertiary/aromatic N) is 3. The first-order chi connectivity index (χ1) is 8.25. The molecule has 2 aliphatic rings. The molecule has 0 aromatic heterocycles. The fourth-order valence-corrected chi connectivity index (χ4v) is 2.59. The monoisotopic (exact) mass is 237 g/mol. The number of nitrogens with two attached hydrogens (primary N) is 2. The lowest BCUT2D eigenvalue weighted by Crippen LogP contribution is -2.33. The molecular weight excluding hydrogens is 214 g/mol. The van der Waals surface area contributed by atoms with Crippen molar-refractivity contribution in [2.45, 2.75) is 51.0 Å². The first-order valence-electron chi connectivity index (χ1n) is 6.68. The Bertz CT molecular complexity index is 294. The van der Waals surface area contributed by atoms with E-state index < -0.39 is 0 Å². The van der Waals surface area contributed by atoms with Gasteiger partial charge in [0.1, 0.15) is 0 Å². The van der Waals surface area contributed by atoms with Gasteiger partial charge < -0.3 is 16.4 Å². The van der Waals surface area contributed by atoms with E-state index in [1.165, 1.54) is 44.9 Å². The van der Waals surface area contributed by atoms with Crippen molar-refractivity contribution in [3.8, 4) is 0 Å². The summed E-state index contributed by atoms with van der Waals surface area (Å²) in [6.07, 6.45) is 8.68. The van der Waals surface area contributed by atoms with Crippen molar-refractivity contribution >= 4 is 11.9 Å². The number of rotatable bonds is 1. The van der Waals surface area contributed by atoms with Crippen molar-refractivity contribution in [3.05, 3.63) is 0 Å². The van der Waals surface area contributed by atoms with E-state index in [1.807, 2.05) is 0 Å². The Labute approximate surface area is 103 Å². The molecule has 0 aromatic carbocycles. The van der Waals surface area contributed by atoms with E-state index in [9.17, 15) is 0 Å². The Morgan fingerprint density at radius 3 is 2.18 bits per heavy atom. The number of guanidine groups is 2. The first kappa shape index (κ1) is 12.2. The van der Waals surface area contributed by atoms with Gasteiger partial charge in [0, 0.05) is 13.1 Å². The van der Waals surface area contributed by atoms with Crippen LogP contribution >= 0.6 is 0 Å². The zero-order valence-electron chi connectivity index (χ0n) is 10.4. The van der Waals surface area contributed by atoms with E-state index in [0.717, 1.165) is 19.0 Å². The Morgan fingerprint density at radius 2 is 1.59 bits per heavy atom. The number of hydrogen-bond acceptors (Lipinski definition) is 1. The summed E-state index contributed by atoms with van der Waals surface area (Å²) >= 11 is 0. The van der Waals surface area contributed by atoms with Gasteiger partial charge in [0.2, 0.25) is 5.96 Å². The molecule has 96 valence electrons. The smallest absolute Gasteiger partial charge is 0.224 e. The van der Waals surface area contributed by atoms with Crippen LogP contribution in [-0.2, 0) is 0 Å². The van der Waals surface area contributed by atoms with Gasteiger partial charge >= 0.3 is 0 Å². The van der Waals surface area contributed by atoms with Crippen LogP contribution in [0.25, 0.3) is 0 Å². The molecule has 2 rings (SSSR count). The Kier molecular flexibility index (Phi) is 4.23. The van der Waals surface area contributed by atoms with E-state index in [4.69, 9.17) is 16.5 Å². The third-order valence-corrected chi connectivity index (χ3v) is 3.49. The zero-order valence-corrected chi connectivity index (χ0v) is 10.4. The van der Waals surface area contributed by atoms with Gasteiger partial charge in [-0.15, -0.1) is 0 Å². The third kappa shape index (κ3) is 3.61. The average Bonchev–Trinajstić information content (AvgIpc) is 2.82. The third-order valence-electron chi connectivity index (χ3n) is 3.49. The fourth-order valence-electron chi connectivity index (χ4n) is 2.59. The van der Waals surface area contributed by atoms with E-state index in [2.05, 4.69) is 9.89 Å². The molecule has 0 unspecified atom stereocenters. The molecule has 5 heteroatoms. The molecule has 0 bridgehead atoms. The lowest BCUT2D eigenvalue weighted by Gasteiger charge is -2.22. The molecule has 0 atom stereocenters. The molecule has 17 heavy (non-hydrogen) atoms. The maximum atomic E-state index is 5.49. The van der Waals surface area contributed by atoms with Crippen molar-refractivity contribution < 1.29 is 0 Å². The molecule has 1 aliphatic heterocycles. The van der Waals surface area contributed by atoms with Gasteiger partial charge in [0.25, 0.3) is 0 Å². The van der Waals surface area contributed by atoms with Crippen LogP contribution in [0.2, 0.25) is 0 Å². The van der Waals surface area contributed by atoms with E-state index in [1.54, 1.807) is 0 Å². The maximum absolute atomic E-state index is 5.49. The van der Waals surface area contributed by atoms with E-state index in [0.29, 0.717) is 6.04 Å². The summed E-state index contributed by atoms with van der Waals surface area (Å²) in [5.74, 6) is 0.876. The summed E-state index contributed by atoms with van der Waals surface area (Å²) in [7, 11) is 0. The van der Waals surface area contributed by atoms with Gasteiger partial charge in [-0.05, 0) is 25.7 Å². The van der Waals surface area contributed by atoms with Crippen molar-refractivity contribution in [2.75, 3.05) is 13.1 Å². The van der Waals surface area contributed by atoms with Gasteiger partial charge in [-0.1, -0.05) is 19.3 Å². The Balaban J connectivity index is 2.07. The molecule has 5 nitrogen and oxygen atoms in total. The zero-order chi connectivity index (χ0) is 12.1. The average molecular weight is 237 g/mol. The largest absolute Gasteiger partial charge is 0.370 e. The highest BCUT2D eigenvalue weighted by molar-refractivity contribution is 5.93. The van der Waals surface area contributed by atoms with E-state index in [-0.39, 0.29) is 5.96 Å². The second-order valence-electron chi connectivity index (χ2n) is 4.95. The van der Waals surface area contributed by atoms with Crippen molar-refractivity contribution in [2.24, 2.45) is 21.5 Å². The van der Waals surface area contributed by atoms with Crippen LogP contribution in [0.1, 0.15) is 44.9 Å². The second kappa shape index (κ2) is 5.89. The van der Waals surface area contributed by atoms with E-state index >= 15 is 0 Å². The molecule has 0 spiro atoms. The predicted octanol–water partition coefficient (Wildman–Crippen LogP) is 1.04. The van der Waals surface area contributed by atoms with Crippen molar-refractivity contribution in [1.29, 1.82) is 0 Å². The quantitative estimate of drug-likeness (QED) is 0.528. The standard InChI is InChI=1S/C12H23N5/c13-11(14)16-12(17-8-4-5-9-17)15-10-6-2-1-3-7-10/h10H,1-9H2,(H4,13,14,15,16). The maximum Gasteiger partial charge on any atom is 0.224 e. The second-order valence-corrected chi connectivity index (χ2v) is 4.95. The highest BCUT2D eigenvalue weighted by Gasteiger charge is 2.19. The lowest BCUT2D eigenvalue weighted by atomic mass is 9.96. The van der Waals surface area contributed by atoms with Crippen LogP contribution in [0.5, 0.6) is 0 Å². The number of likely N-dealkylation sites (tertiary alicyclic amines) is 1. The normalized spacial score (nSPS) is 22.8. The topological polar surface area (TPSA) is 80.0 Å². The van der Waals surface area contributed by atoms with Gasteiger partial charge in [-0.3, -0.25) is 0 Å². The summed E-state index contributed by atoms with van der Waals surface area (Å²) in [4.78, 5) is 11.2. The summed E-state index contributed by atoms with van der Waals surface area (Å²) in [6, 6.07) is 0.419. The molecule has 0 aromatic rings. The van der Waals surface area contributed by atoms with Crippen molar-refractivity contribution in [1.82, 2.24) is 4.90 Å². The van der Waals surface area contributed by atoms with Crippen LogP contribution in [0.15, 0.2) is 9.98 Å². The Hall–Kier alpha value is -1.26. The predicted molar refractivity (Wildman–Crippen MR) is 70.9 cm³/mol. The van der Waals surface area contributed by atoms with Crippen LogP contribution < -0.4 is 11.5 Å². The van der Waals surface area contributed by atoms with Gasteiger partial charge in [-0.2, -0.15) is 4.99 Å². The summed E-state index contributed by atoms with van der Waals surface area (Å²) < 4.78 is 0. The number of hydrogen-bond donors (Lipinski definition) is 2. The highest BCUT2D eigenvalue weighted by Crippen LogP contribution is 2.21. The molecule has 1 saturated heterocycles. The minimum Gasteiger partial charge on any atom is -0.370 e. The molecule has 4 N–H and O–H groups in total. The molecule has 1 saturated carbocycles. The van der Waals surface area contributed by atoms with Crippen molar-refractivity contribution in [3.63, 3.8) is 0 Å². The number of aliphatic imine (C=N–C) groups is 2. The Morgan fingerprint density at radius 1 is 0.941 bits per heavy atom. The lowest BCUT2D eigenvalue weighted by molar-refractivity contribution is 0.431. The molecule has 1 aliphatic carbocycles. The fraction of sp³-hybridized carbons (Fsp3) is 0.833. The molecule has 0 amide bonds. The van der Waals surface area contributed by atoms with Crippen LogP contribution in [-0.4, -0.2) is 36.0 Å². The molecule has 1 heterocycles. The minimum atomic E-state index is 0.117. The molecular formula is C12H23N5. The van der Waals surface area contributed by atoms with Crippen LogP contribution in [0.3, 0.4) is 0 Å². The van der Waals surface area contributed by atoms with Crippen LogP contribution in [0, 0.1) is 0 Å². The minimum absolute atomic E-state index is 0.117. The first-order valence-corrected chi connectivity index (χ1v) is 6.68. The highest BCUT2D eigenvalue weighted by atomic mass is 15.3. The van der Waals surface area contributed by atoms with Crippen LogP contribution in [0.4, 0.5) is 0 Å².